The van der Waals surface area contributed by atoms with Crippen LogP contribution < -0.4 is 0 Å². The summed E-state index contributed by atoms with van der Waals surface area (Å²) in [6.45, 7) is 6.18. The first-order valence-electron chi connectivity index (χ1n) is 2.94. The van der Waals surface area contributed by atoms with Crippen molar-refractivity contribution in [3.05, 3.63) is 23.8 Å². The van der Waals surface area contributed by atoms with E-state index in [-0.39, 0.29) is 6.15 Å². The van der Waals surface area contributed by atoms with Crippen LogP contribution in [0.5, 0.6) is 0 Å². The Morgan fingerprint density at radius 2 is 1.70 bits per heavy atom. The Balaban J connectivity index is 0. The highest BCUT2D eigenvalue weighted by Gasteiger charge is 1.65. The van der Waals surface area contributed by atoms with E-state index in [0.717, 1.165) is 0 Å². The van der Waals surface area contributed by atoms with Crippen LogP contribution in [0.3, 0.4) is 0 Å². The van der Waals surface area contributed by atoms with E-state index >= 15 is 0 Å². The second-order valence-corrected chi connectivity index (χ2v) is 1.85. The molecule has 10 heavy (non-hydrogen) atoms. The molecule has 0 unspecified atom stereocenters. The van der Waals surface area contributed by atoms with Gasteiger partial charge in [-0.3, -0.25) is 0 Å². The minimum absolute atomic E-state index is 0.250. The van der Waals surface area contributed by atoms with Gasteiger partial charge in [0.2, 0.25) is 0 Å². The van der Waals surface area contributed by atoms with Crippen molar-refractivity contribution in [1.29, 1.82) is 0 Å². The first-order valence-corrected chi connectivity index (χ1v) is 2.94. The average Bonchev–Trinajstić information content (AvgIpc) is 1.85. The normalized spacial score (nSPS) is 7.50. The van der Waals surface area contributed by atoms with Gasteiger partial charge in [-0.15, -0.1) is 0 Å². The lowest BCUT2D eigenvalue weighted by atomic mass is 10.3. The maximum absolute atomic E-state index is 8.12. The zero-order valence-electron chi connectivity index (χ0n) is 6.55. The van der Waals surface area contributed by atoms with Crippen LogP contribution in [0.2, 0.25) is 0 Å². The fourth-order valence-corrected chi connectivity index (χ4v) is 0.289. The predicted molar refractivity (Wildman–Crippen MR) is 39.3 cm³/mol. The Bertz CT molecular complexity index is 145. The van der Waals surface area contributed by atoms with Crippen LogP contribution in [-0.2, 0) is 9.59 Å². The van der Waals surface area contributed by atoms with Gasteiger partial charge >= 0.3 is 6.15 Å². The summed E-state index contributed by atoms with van der Waals surface area (Å²) in [6, 6.07) is 0. The fourth-order valence-electron chi connectivity index (χ4n) is 0.289. The summed E-state index contributed by atoms with van der Waals surface area (Å²) in [7, 11) is 0. The summed E-state index contributed by atoms with van der Waals surface area (Å²) in [5.41, 5.74) is 1.35. The standard InChI is InChI=1S/C7H12.CO2/c1-4-5-6-7(2)3;2-1-3/h4-6H,1-3H3;. The van der Waals surface area contributed by atoms with Crippen molar-refractivity contribution in [2.75, 3.05) is 0 Å². The van der Waals surface area contributed by atoms with E-state index in [1.807, 2.05) is 19.1 Å². The van der Waals surface area contributed by atoms with Crippen molar-refractivity contribution < 1.29 is 9.59 Å². The first kappa shape index (κ1) is 11.6. The van der Waals surface area contributed by atoms with Gasteiger partial charge < -0.3 is 0 Å². The van der Waals surface area contributed by atoms with Gasteiger partial charge in [-0.25, -0.2) is 0 Å². The van der Waals surface area contributed by atoms with Crippen LogP contribution in [0.25, 0.3) is 0 Å². The topological polar surface area (TPSA) is 34.1 Å². The summed E-state index contributed by atoms with van der Waals surface area (Å²) in [5.74, 6) is 0. The van der Waals surface area contributed by atoms with Gasteiger partial charge in [0.15, 0.2) is 0 Å². The molecule has 0 aromatic carbocycles. The maximum Gasteiger partial charge on any atom is 0.373 e. The molecule has 0 heterocycles. The molecule has 0 N–H and O–H groups in total. The van der Waals surface area contributed by atoms with E-state index < -0.39 is 0 Å². The third kappa shape index (κ3) is 28.8. The molecule has 0 saturated carbocycles. The number of rotatable bonds is 1. The van der Waals surface area contributed by atoms with Crippen molar-refractivity contribution in [3.8, 4) is 0 Å². The molecular weight excluding hydrogens is 128 g/mol. The molecule has 0 amide bonds. The Kier molecular flexibility index (Phi) is 12.5. The molecule has 0 rings (SSSR count). The molecule has 0 bridgehead atoms. The highest BCUT2D eigenvalue weighted by molar-refractivity contribution is 5.20. The first-order chi connectivity index (χ1) is 4.68. The summed E-state index contributed by atoms with van der Waals surface area (Å²) in [5, 5.41) is 0. The molecule has 2 nitrogen and oxygen atoms in total. The van der Waals surface area contributed by atoms with Crippen molar-refractivity contribution in [1.82, 2.24) is 0 Å². The molecule has 0 fully saturated rings. The lowest BCUT2D eigenvalue weighted by Gasteiger charge is -1.77. The summed E-state index contributed by atoms with van der Waals surface area (Å²) in [4.78, 5) is 16.2. The monoisotopic (exact) mass is 140 g/mol. The average molecular weight is 140 g/mol. The largest absolute Gasteiger partial charge is 0.373 e. The van der Waals surface area contributed by atoms with E-state index in [1.54, 1.807) is 0 Å². The highest BCUT2D eigenvalue weighted by atomic mass is 16.2. The summed E-state index contributed by atoms with van der Waals surface area (Å²) >= 11 is 0. The van der Waals surface area contributed by atoms with Crippen molar-refractivity contribution in [2.24, 2.45) is 0 Å². The van der Waals surface area contributed by atoms with Crippen LogP contribution in [0, 0.1) is 0 Å². The molecule has 0 radical (unpaired) electrons. The lowest BCUT2D eigenvalue weighted by Crippen LogP contribution is -1.56. The Morgan fingerprint density at radius 1 is 1.30 bits per heavy atom. The molecule has 2 heteroatoms. The smallest absolute Gasteiger partial charge is 0.186 e. The number of carbonyl (C=O) groups excluding carboxylic acids is 2. The van der Waals surface area contributed by atoms with Gasteiger partial charge in [-0.2, -0.15) is 9.59 Å². The van der Waals surface area contributed by atoms with Crippen LogP contribution in [0.4, 0.5) is 0 Å². The predicted octanol–water partition coefficient (Wildman–Crippen LogP) is 1.95. The third-order valence-corrected chi connectivity index (χ3v) is 0.622. The molecule has 0 saturated heterocycles. The molecule has 0 spiro atoms. The third-order valence-electron chi connectivity index (χ3n) is 0.622. The Labute approximate surface area is 61.2 Å². The number of hydrogen-bond acceptors (Lipinski definition) is 2. The van der Waals surface area contributed by atoms with Gasteiger partial charge in [0.25, 0.3) is 0 Å². The quantitative estimate of drug-likeness (QED) is 0.521. The highest BCUT2D eigenvalue weighted by Crippen LogP contribution is 1.87. The zero-order chi connectivity index (χ0) is 8.41. The number of hydrogen-bond donors (Lipinski definition) is 0. The molecule has 0 aliphatic rings. The van der Waals surface area contributed by atoms with Gasteiger partial charge in [-0.1, -0.05) is 23.8 Å². The van der Waals surface area contributed by atoms with Crippen LogP contribution in [-0.4, -0.2) is 6.15 Å². The van der Waals surface area contributed by atoms with E-state index in [2.05, 4.69) is 19.9 Å². The molecule has 0 aliphatic heterocycles. The van der Waals surface area contributed by atoms with Gasteiger partial charge in [0.1, 0.15) is 0 Å². The molecule has 0 aromatic heterocycles. The SMILES string of the molecule is CC=CC=C(C)C.O=C=O. The van der Waals surface area contributed by atoms with Crippen molar-refractivity contribution in [2.45, 2.75) is 20.8 Å². The van der Waals surface area contributed by atoms with Crippen molar-refractivity contribution in [3.63, 3.8) is 0 Å². The molecule has 0 aromatic rings. The lowest BCUT2D eigenvalue weighted by molar-refractivity contribution is -0.191. The Morgan fingerprint density at radius 3 is 1.80 bits per heavy atom. The zero-order valence-corrected chi connectivity index (χ0v) is 6.55. The number of allylic oxidation sites excluding steroid dienone is 4. The fraction of sp³-hybridized carbons (Fsp3) is 0.375. The summed E-state index contributed by atoms with van der Waals surface area (Å²) < 4.78 is 0. The second kappa shape index (κ2) is 10.8. The van der Waals surface area contributed by atoms with E-state index in [9.17, 15) is 0 Å². The minimum Gasteiger partial charge on any atom is -0.186 e. The molecule has 0 aliphatic carbocycles. The molecular formula is C8H12O2. The maximum atomic E-state index is 8.12. The molecule has 56 valence electrons. The Hall–Kier alpha value is -1.14. The van der Waals surface area contributed by atoms with Crippen LogP contribution in [0.1, 0.15) is 20.8 Å². The molecule has 0 atom stereocenters. The van der Waals surface area contributed by atoms with Gasteiger partial charge in [-0.05, 0) is 20.8 Å². The van der Waals surface area contributed by atoms with E-state index in [0.29, 0.717) is 0 Å². The second-order valence-electron chi connectivity index (χ2n) is 1.85. The van der Waals surface area contributed by atoms with E-state index in [1.165, 1.54) is 5.57 Å². The van der Waals surface area contributed by atoms with E-state index in [4.69, 9.17) is 9.59 Å². The van der Waals surface area contributed by atoms with Crippen LogP contribution in [0.15, 0.2) is 23.8 Å². The minimum atomic E-state index is 0.250. The van der Waals surface area contributed by atoms with Crippen LogP contribution >= 0.6 is 0 Å². The van der Waals surface area contributed by atoms with Crippen molar-refractivity contribution >= 4 is 6.15 Å². The van der Waals surface area contributed by atoms with Gasteiger partial charge in [0.05, 0.1) is 0 Å². The summed E-state index contributed by atoms with van der Waals surface area (Å²) in [6.07, 6.45) is 6.39. The van der Waals surface area contributed by atoms with Gasteiger partial charge in [0, 0.05) is 0 Å².